The maximum Gasteiger partial charge on any atom is 0.216 e. The van der Waals surface area contributed by atoms with Gasteiger partial charge in [-0.15, -0.1) is 0 Å². The summed E-state index contributed by atoms with van der Waals surface area (Å²) < 4.78 is 0.820. The predicted molar refractivity (Wildman–Crippen MR) is 92.5 cm³/mol. The van der Waals surface area contributed by atoms with Crippen LogP contribution in [0.5, 0.6) is 0 Å². The summed E-state index contributed by atoms with van der Waals surface area (Å²) in [7, 11) is 0. The Hall–Kier alpha value is -2.42. The number of fused-ring (bicyclic) bond motifs is 1. The molecular weight excluding hydrogens is 286 g/mol. The Labute approximate surface area is 136 Å². The lowest BCUT2D eigenvalue weighted by Crippen LogP contribution is -2.16. The van der Waals surface area contributed by atoms with Crippen molar-refractivity contribution < 1.29 is 9.53 Å². The standard InChI is InChI=1S/C20H21NO2/c1-20(2,3)16-8-10-17(11-9-16)21(23)13-15-12-14-6-4-5-7-18(14)19(15)22/h4-11,13,15H,12H2,1-3H3/b21-13-/t15-/m0/s1. The molecule has 2 aromatic carbocycles. The van der Waals surface area contributed by atoms with Crippen LogP contribution < -0.4 is 0 Å². The molecule has 0 saturated heterocycles. The molecule has 118 valence electrons. The van der Waals surface area contributed by atoms with Gasteiger partial charge in [0.25, 0.3) is 0 Å². The van der Waals surface area contributed by atoms with E-state index in [4.69, 9.17) is 0 Å². The monoisotopic (exact) mass is 307 g/mol. The van der Waals surface area contributed by atoms with Gasteiger partial charge < -0.3 is 5.21 Å². The Bertz CT molecular complexity index is 767. The molecule has 0 saturated carbocycles. The van der Waals surface area contributed by atoms with Crippen molar-refractivity contribution in [3.05, 3.63) is 70.4 Å². The first-order valence-electron chi connectivity index (χ1n) is 7.90. The summed E-state index contributed by atoms with van der Waals surface area (Å²) in [4.78, 5) is 12.4. The molecule has 0 N–H and O–H groups in total. The van der Waals surface area contributed by atoms with Gasteiger partial charge in [-0.3, -0.25) is 4.79 Å². The normalized spacial score (nSPS) is 18.1. The molecule has 1 aliphatic carbocycles. The number of hydrogen-bond acceptors (Lipinski definition) is 2. The van der Waals surface area contributed by atoms with E-state index < -0.39 is 0 Å². The fourth-order valence-electron chi connectivity index (χ4n) is 2.95. The summed E-state index contributed by atoms with van der Waals surface area (Å²) in [6, 6.07) is 15.1. The molecule has 0 unspecified atom stereocenters. The molecule has 1 aliphatic rings. The minimum Gasteiger partial charge on any atom is -0.618 e. The molecule has 23 heavy (non-hydrogen) atoms. The quantitative estimate of drug-likeness (QED) is 0.360. The van der Waals surface area contributed by atoms with Gasteiger partial charge in [-0.25, -0.2) is 0 Å². The number of benzene rings is 2. The van der Waals surface area contributed by atoms with Gasteiger partial charge in [0, 0.05) is 17.7 Å². The number of carbonyl (C=O) groups excluding carboxylic acids is 1. The SMILES string of the molecule is CC(C)(C)c1ccc(/[N+]([O-])=C/[C@@H]2Cc3ccccc3C2=O)cc1. The van der Waals surface area contributed by atoms with E-state index in [9.17, 15) is 10.0 Å². The number of ketones is 1. The van der Waals surface area contributed by atoms with Crippen molar-refractivity contribution in [1.82, 2.24) is 0 Å². The van der Waals surface area contributed by atoms with Crippen molar-refractivity contribution in [1.29, 1.82) is 0 Å². The summed E-state index contributed by atoms with van der Waals surface area (Å²) in [5, 5.41) is 12.4. The second kappa shape index (κ2) is 5.65. The van der Waals surface area contributed by atoms with Crippen molar-refractivity contribution in [2.75, 3.05) is 0 Å². The fraction of sp³-hybridized carbons (Fsp3) is 0.300. The van der Waals surface area contributed by atoms with Crippen LogP contribution in [0.4, 0.5) is 5.69 Å². The van der Waals surface area contributed by atoms with Crippen LogP contribution in [0.1, 0.15) is 42.3 Å². The Kier molecular flexibility index (Phi) is 3.80. The topological polar surface area (TPSA) is 43.1 Å². The molecule has 0 fully saturated rings. The molecule has 0 aliphatic heterocycles. The Morgan fingerprint density at radius 3 is 2.35 bits per heavy atom. The first kappa shape index (κ1) is 15.5. The van der Waals surface area contributed by atoms with Gasteiger partial charge in [-0.05, 0) is 23.0 Å². The van der Waals surface area contributed by atoms with E-state index in [2.05, 4.69) is 20.8 Å². The van der Waals surface area contributed by atoms with Crippen LogP contribution in [-0.4, -0.2) is 16.7 Å². The van der Waals surface area contributed by atoms with E-state index in [1.807, 2.05) is 48.5 Å². The summed E-state index contributed by atoms with van der Waals surface area (Å²) in [6.45, 7) is 6.41. The van der Waals surface area contributed by atoms with E-state index >= 15 is 0 Å². The van der Waals surface area contributed by atoms with Gasteiger partial charge >= 0.3 is 0 Å². The van der Waals surface area contributed by atoms with Crippen molar-refractivity contribution in [3.63, 3.8) is 0 Å². The zero-order valence-electron chi connectivity index (χ0n) is 13.7. The number of nitrogens with zero attached hydrogens (tertiary/aromatic N) is 1. The van der Waals surface area contributed by atoms with Crippen LogP contribution in [0.2, 0.25) is 0 Å². The third-order valence-corrected chi connectivity index (χ3v) is 4.36. The van der Waals surface area contributed by atoms with Crippen molar-refractivity contribution in [2.45, 2.75) is 32.6 Å². The highest BCUT2D eigenvalue weighted by Crippen LogP contribution is 2.27. The highest BCUT2D eigenvalue weighted by molar-refractivity contribution is 6.09. The predicted octanol–water partition coefficient (Wildman–Crippen LogP) is 4.25. The zero-order valence-corrected chi connectivity index (χ0v) is 13.7. The van der Waals surface area contributed by atoms with E-state index in [-0.39, 0.29) is 17.1 Å². The highest BCUT2D eigenvalue weighted by Gasteiger charge is 2.31. The summed E-state index contributed by atoms with van der Waals surface area (Å²) in [6.07, 6.45) is 2.10. The first-order chi connectivity index (χ1) is 10.9. The van der Waals surface area contributed by atoms with Gasteiger partial charge in [-0.1, -0.05) is 57.2 Å². The van der Waals surface area contributed by atoms with Crippen molar-refractivity contribution in [2.24, 2.45) is 5.92 Å². The Balaban J connectivity index is 1.83. The molecule has 0 spiro atoms. The second-order valence-electron chi connectivity index (χ2n) is 7.10. The number of carbonyl (C=O) groups is 1. The number of rotatable bonds is 2. The maximum absolute atomic E-state index is 12.4. The van der Waals surface area contributed by atoms with Crippen LogP contribution in [-0.2, 0) is 11.8 Å². The molecule has 3 heteroatoms. The number of Topliss-reactive ketones (excluding diaryl/α,β-unsaturated/α-hetero) is 1. The zero-order chi connectivity index (χ0) is 16.6. The molecule has 1 atom stereocenters. The van der Waals surface area contributed by atoms with Gasteiger partial charge in [-0.2, -0.15) is 4.74 Å². The molecule has 2 aromatic rings. The van der Waals surface area contributed by atoms with Crippen LogP contribution in [0, 0.1) is 11.1 Å². The minimum absolute atomic E-state index is 0.0350. The second-order valence-corrected chi connectivity index (χ2v) is 7.10. The van der Waals surface area contributed by atoms with Crippen molar-refractivity contribution in [3.8, 4) is 0 Å². The average Bonchev–Trinajstić information content (AvgIpc) is 2.83. The van der Waals surface area contributed by atoms with E-state index in [0.29, 0.717) is 12.1 Å². The lowest BCUT2D eigenvalue weighted by molar-refractivity contribution is -0.357. The van der Waals surface area contributed by atoms with Gasteiger partial charge in [0.2, 0.25) is 5.69 Å². The molecule has 0 radical (unpaired) electrons. The van der Waals surface area contributed by atoms with E-state index in [1.165, 1.54) is 11.8 Å². The van der Waals surface area contributed by atoms with Crippen LogP contribution in [0.25, 0.3) is 0 Å². The van der Waals surface area contributed by atoms with Crippen LogP contribution >= 0.6 is 0 Å². The summed E-state index contributed by atoms with van der Waals surface area (Å²) in [5.41, 5.74) is 3.56. The fourth-order valence-corrected chi connectivity index (χ4v) is 2.95. The molecule has 0 amide bonds. The summed E-state index contributed by atoms with van der Waals surface area (Å²) >= 11 is 0. The first-order valence-corrected chi connectivity index (χ1v) is 7.90. The van der Waals surface area contributed by atoms with Crippen LogP contribution in [0.15, 0.2) is 48.5 Å². The van der Waals surface area contributed by atoms with E-state index in [0.717, 1.165) is 15.9 Å². The average molecular weight is 307 g/mol. The van der Waals surface area contributed by atoms with E-state index in [1.54, 1.807) is 0 Å². The Morgan fingerprint density at radius 1 is 1.09 bits per heavy atom. The molecule has 0 aromatic heterocycles. The highest BCUT2D eigenvalue weighted by atomic mass is 16.5. The molecule has 0 bridgehead atoms. The largest absolute Gasteiger partial charge is 0.618 e. The third-order valence-electron chi connectivity index (χ3n) is 4.36. The minimum atomic E-state index is -0.368. The lowest BCUT2D eigenvalue weighted by Gasteiger charge is -2.18. The van der Waals surface area contributed by atoms with Gasteiger partial charge in [0.1, 0.15) is 5.92 Å². The van der Waals surface area contributed by atoms with Gasteiger partial charge in [0.05, 0.1) is 0 Å². The Morgan fingerprint density at radius 2 is 1.74 bits per heavy atom. The summed E-state index contributed by atoms with van der Waals surface area (Å²) in [5.74, 6) is -0.333. The molecular formula is C20H21NO2. The van der Waals surface area contributed by atoms with Gasteiger partial charge in [0.15, 0.2) is 12.0 Å². The number of hydrogen-bond donors (Lipinski definition) is 0. The molecule has 3 rings (SSSR count). The molecule has 3 nitrogen and oxygen atoms in total. The molecule has 0 heterocycles. The lowest BCUT2D eigenvalue weighted by atomic mass is 9.87. The smallest absolute Gasteiger partial charge is 0.216 e. The third kappa shape index (κ3) is 3.04. The van der Waals surface area contributed by atoms with Crippen molar-refractivity contribution >= 4 is 17.7 Å². The maximum atomic E-state index is 12.4. The van der Waals surface area contributed by atoms with Crippen LogP contribution in [0.3, 0.4) is 0 Å².